The van der Waals surface area contributed by atoms with Crippen molar-refractivity contribution in [2.45, 2.75) is 29.2 Å². The minimum absolute atomic E-state index is 0.0340. The Balaban J connectivity index is 1.24. The molecular weight excluding hydrogens is 468 g/mol. The summed E-state index contributed by atoms with van der Waals surface area (Å²) in [6.07, 6.45) is -0.570. The maximum Gasteiger partial charge on any atom is 0.308 e. The molecule has 1 aliphatic heterocycles. The monoisotopic (exact) mass is 488 g/mol. The largest absolute Gasteiger partial charge is 0.453 e. The molecule has 0 aliphatic carbocycles. The summed E-state index contributed by atoms with van der Waals surface area (Å²) >= 11 is 1.71. The summed E-state index contributed by atoms with van der Waals surface area (Å²) in [4.78, 5) is 27.4. The van der Waals surface area contributed by atoms with E-state index in [-0.39, 0.29) is 29.9 Å². The van der Waals surface area contributed by atoms with Gasteiger partial charge >= 0.3 is 5.97 Å². The number of carbonyl (C=O) groups is 1. The highest BCUT2D eigenvalue weighted by Gasteiger charge is 2.25. The molecule has 4 aromatic rings. The van der Waals surface area contributed by atoms with Gasteiger partial charge < -0.3 is 14.1 Å². The molecule has 9 nitrogen and oxygen atoms in total. The first-order valence-corrected chi connectivity index (χ1v) is 11.7. The Morgan fingerprint density at radius 2 is 1.66 bits per heavy atom. The fourth-order valence-corrected chi connectivity index (χ4v) is 4.87. The van der Waals surface area contributed by atoms with Gasteiger partial charge in [0.25, 0.3) is 11.6 Å². The van der Waals surface area contributed by atoms with Crippen LogP contribution >= 0.6 is 11.8 Å². The van der Waals surface area contributed by atoms with Crippen LogP contribution in [0.5, 0.6) is 0 Å². The van der Waals surface area contributed by atoms with Gasteiger partial charge in [-0.25, -0.2) is 0 Å². The standard InChI is InChI=1S/C25H20N4O5S/c1-16(24-26-27-25(34-24)17-10-12-18(13-11-17)29(31)32)33-23(30)14-15-28-19-6-2-4-8-21(19)35-22-9-5-3-7-20(22)28/h2-13,16H,14-15H2,1H3. The topological polar surface area (TPSA) is 112 Å². The number of nitro groups is 1. The van der Waals surface area contributed by atoms with Gasteiger partial charge in [-0.3, -0.25) is 14.9 Å². The molecule has 3 aromatic carbocycles. The Labute approximate surface area is 204 Å². The van der Waals surface area contributed by atoms with Crippen molar-refractivity contribution in [3.05, 3.63) is 88.8 Å². The molecule has 0 radical (unpaired) electrons. The zero-order valence-electron chi connectivity index (χ0n) is 18.7. The molecule has 1 aliphatic rings. The van der Waals surface area contributed by atoms with Gasteiger partial charge in [-0.2, -0.15) is 0 Å². The van der Waals surface area contributed by atoms with E-state index in [1.54, 1.807) is 18.7 Å². The Kier molecular flexibility index (Phi) is 6.19. The second kappa shape index (κ2) is 9.59. The van der Waals surface area contributed by atoms with Gasteiger partial charge in [-0.05, 0) is 43.3 Å². The molecule has 1 atom stereocenters. The number of nitrogens with zero attached hydrogens (tertiary/aromatic N) is 4. The third kappa shape index (κ3) is 4.73. The van der Waals surface area contributed by atoms with Crippen molar-refractivity contribution in [3.8, 4) is 11.5 Å². The molecule has 0 saturated carbocycles. The molecule has 0 spiro atoms. The van der Waals surface area contributed by atoms with Gasteiger partial charge in [0, 0.05) is 34.0 Å². The second-order valence-electron chi connectivity index (χ2n) is 7.82. The van der Waals surface area contributed by atoms with Crippen molar-refractivity contribution in [1.29, 1.82) is 0 Å². The van der Waals surface area contributed by atoms with E-state index >= 15 is 0 Å². The van der Waals surface area contributed by atoms with Crippen molar-refractivity contribution in [1.82, 2.24) is 10.2 Å². The number of ether oxygens (including phenoxy) is 1. The van der Waals surface area contributed by atoms with E-state index in [0.717, 1.165) is 21.2 Å². The fraction of sp³-hybridized carbons (Fsp3) is 0.160. The molecule has 35 heavy (non-hydrogen) atoms. The lowest BCUT2D eigenvalue weighted by Crippen LogP contribution is -2.24. The number of esters is 1. The van der Waals surface area contributed by atoms with Crippen LogP contribution in [0.15, 0.2) is 87.0 Å². The van der Waals surface area contributed by atoms with Gasteiger partial charge in [0.05, 0.1) is 22.7 Å². The fourth-order valence-electron chi connectivity index (χ4n) is 3.77. The minimum atomic E-state index is -0.738. The molecule has 1 aromatic heterocycles. The smallest absolute Gasteiger partial charge is 0.308 e. The maximum atomic E-state index is 12.7. The highest BCUT2D eigenvalue weighted by molar-refractivity contribution is 7.99. The van der Waals surface area contributed by atoms with Crippen LogP contribution in [-0.4, -0.2) is 27.6 Å². The second-order valence-corrected chi connectivity index (χ2v) is 8.90. The van der Waals surface area contributed by atoms with Gasteiger partial charge in [-0.1, -0.05) is 36.0 Å². The van der Waals surface area contributed by atoms with E-state index in [0.29, 0.717) is 12.1 Å². The SMILES string of the molecule is CC(OC(=O)CCN1c2ccccc2Sc2ccccc21)c1nnc(-c2ccc([N+](=O)[O-])cc2)o1. The van der Waals surface area contributed by atoms with E-state index in [9.17, 15) is 14.9 Å². The van der Waals surface area contributed by atoms with Crippen molar-refractivity contribution < 1.29 is 18.9 Å². The zero-order valence-corrected chi connectivity index (χ0v) is 19.5. The average Bonchev–Trinajstić information content (AvgIpc) is 3.37. The van der Waals surface area contributed by atoms with Crippen LogP contribution in [-0.2, 0) is 9.53 Å². The van der Waals surface area contributed by atoms with Crippen LogP contribution in [0.1, 0.15) is 25.3 Å². The quantitative estimate of drug-likeness (QED) is 0.177. The van der Waals surface area contributed by atoms with Crippen molar-refractivity contribution in [2.75, 3.05) is 11.4 Å². The predicted molar refractivity (Wildman–Crippen MR) is 130 cm³/mol. The third-order valence-electron chi connectivity index (χ3n) is 5.49. The van der Waals surface area contributed by atoms with E-state index in [1.807, 2.05) is 36.4 Å². The van der Waals surface area contributed by atoms with E-state index < -0.39 is 11.0 Å². The number of benzene rings is 3. The molecule has 0 amide bonds. The normalized spacial score (nSPS) is 13.0. The van der Waals surface area contributed by atoms with E-state index in [4.69, 9.17) is 9.15 Å². The molecule has 5 rings (SSSR count). The van der Waals surface area contributed by atoms with Gasteiger partial charge in [0.2, 0.25) is 5.89 Å². The zero-order chi connectivity index (χ0) is 24.4. The summed E-state index contributed by atoms with van der Waals surface area (Å²) in [6.45, 7) is 2.12. The summed E-state index contributed by atoms with van der Waals surface area (Å²) in [7, 11) is 0. The van der Waals surface area contributed by atoms with Crippen LogP contribution in [0.3, 0.4) is 0 Å². The van der Waals surface area contributed by atoms with Crippen LogP contribution in [0, 0.1) is 10.1 Å². The Morgan fingerprint density at radius 3 is 2.29 bits per heavy atom. The number of aromatic nitrogens is 2. The Bertz CT molecular complexity index is 1340. The minimum Gasteiger partial charge on any atom is -0.453 e. The Hall–Kier alpha value is -4.18. The van der Waals surface area contributed by atoms with Crippen LogP contribution in [0.2, 0.25) is 0 Å². The summed E-state index contributed by atoms with van der Waals surface area (Å²) in [5.41, 5.74) is 2.62. The maximum absolute atomic E-state index is 12.7. The number of hydrogen-bond donors (Lipinski definition) is 0. The molecule has 0 saturated heterocycles. The highest BCUT2D eigenvalue weighted by atomic mass is 32.2. The van der Waals surface area contributed by atoms with Crippen molar-refractivity contribution >= 4 is 34.8 Å². The predicted octanol–water partition coefficient (Wildman–Crippen LogP) is 5.94. The highest BCUT2D eigenvalue weighted by Crippen LogP contribution is 2.47. The molecule has 10 heteroatoms. The number of para-hydroxylation sites is 2. The summed E-state index contributed by atoms with van der Waals surface area (Å²) in [5, 5.41) is 18.8. The first-order valence-electron chi connectivity index (χ1n) is 10.9. The van der Waals surface area contributed by atoms with Gasteiger partial charge in [-0.15, -0.1) is 10.2 Å². The van der Waals surface area contributed by atoms with Crippen molar-refractivity contribution in [3.63, 3.8) is 0 Å². The number of non-ortho nitro benzene ring substituents is 1. The summed E-state index contributed by atoms with van der Waals surface area (Å²) < 4.78 is 11.2. The molecule has 0 bridgehead atoms. The van der Waals surface area contributed by atoms with Crippen molar-refractivity contribution in [2.24, 2.45) is 0 Å². The molecule has 1 unspecified atom stereocenters. The molecule has 2 heterocycles. The van der Waals surface area contributed by atoms with Crippen LogP contribution in [0.4, 0.5) is 17.1 Å². The summed E-state index contributed by atoms with van der Waals surface area (Å²) in [6, 6.07) is 22.0. The Morgan fingerprint density at radius 1 is 1.03 bits per heavy atom. The van der Waals surface area contributed by atoms with E-state index in [2.05, 4.69) is 27.2 Å². The molecule has 0 fully saturated rings. The van der Waals surface area contributed by atoms with Crippen LogP contribution in [0.25, 0.3) is 11.5 Å². The molecule has 0 N–H and O–H groups in total. The number of fused-ring (bicyclic) bond motifs is 2. The number of anilines is 2. The average molecular weight is 489 g/mol. The first-order chi connectivity index (χ1) is 17.0. The third-order valence-corrected chi connectivity index (χ3v) is 6.62. The summed E-state index contributed by atoms with van der Waals surface area (Å²) in [5.74, 6) is -0.0469. The van der Waals surface area contributed by atoms with Crippen LogP contribution < -0.4 is 4.90 Å². The lowest BCUT2D eigenvalue weighted by molar-refractivity contribution is -0.384. The van der Waals surface area contributed by atoms with E-state index in [1.165, 1.54) is 24.3 Å². The number of carbonyl (C=O) groups excluding carboxylic acids is 1. The number of rotatable bonds is 7. The molecule has 176 valence electrons. The van der Waals surface area contributed by atoms with Gasteiger partial charge in [0.15, 0.2) is 6.10 Å². The first kappa shape index (κ1) is 22.6. The number of nitro benzene ring substituents is 1. The van der Waals surface area contributed by atoms with Gasteiger partial charge in [0.1, 0.15) is 0 Å². The lowest BCUT2D eigenvalue weighted by atomic mass is 10.2. The lowest BCUT2D eigenvalue weighted by Gasteiger charge is -2.32. The molecular formula is C25H20N4O5S. The number of hydrogen-bond acceptors (Lipinski definition) is 9.